The van der Waals surface area contributed by atoms with Crippen LogP contribution in [-0.4, -0.2) is 11.8 Å². The smallest absolute Gasteiger partial charge is 0.258 e. The van der Waals surface area contributed by atoms with E-state index in [0.717, 1.165) is 5.56 Å². The number of imide groups is 1. The van der Waals surface area contributed by atoms with Crippen LogP contribution in [0.25, 0.3) is 11.6 Å². The molecule has 1 aliphatic heterocycles. The van der Waals surface area contributed by atoms with Gasteiger partial charge < -0.3 is 0 Å². The molecule has 0 unspecified atom stereocenters. The van der Waals surface area contributed by atoms with Gasteiger partial charge in [-0.05, 0) is 35.4 Å². The van der Waals surface area contributed by atoms with Crippen LogP contribution in [0.4, 0.5) is 0 Å². The van der Waals surface area contributed by atoms with E-state index in [1.165, 1.54) is 0 Å². The second-order valence-electron chi connectivity index (χ2n) is 4.56. The third kappa shape index (κ3) is 2.58. The van der Waals surface area contributed by atoms with Gasteiger partial charge in [-0.25, -0.2) is 0 Å². The SMILES string of the molecule is O=C1NC(=O)c2ccccc2C1=Cc1ccc(Cl)c(Cl)c1. The van der Waals surface area contributed by atoms with Crippen LogP contribution in [0.1, 0.15) is 21.5 Å². The van der Waals surface area contributed by atoms with Gasteiger partial charge in [-0.1, -0.05) is 47.5 Å². The number of rotatable bonds is 1. The van der Waals surface area contributed by atoms with Crippen molar-refractivity contribution in [1.29, 1.82) is 0 Å². The topological polar surface area (TPSA) is 46.2 Å². The van der Waals surface area contributed by atoms with Crippen molar-refractivity contribution < 1.29 is 9.59 Å². The Morgan fingerprint density at radius 1 is 0.857 bits per heavy atom. The highest BCUT2D eigenvalue weighted by Crippen LogP contribution is 2.28. The quantitative estimate of drug-likeness (QED) is 0.642. The van der Waals surface area contributed by atoms with E-state index in [2.05, 4.69) is 5.32 Å². The van der Waals surface area contributed by atoms with E-state index in [-0.39, 0.29) is 5.91 Å². The number of hydrogen-bond donors (Lipinski definition) is 1. The Hall–Kier alpha value is -2.10. The van der Waals surface area contributed by atoms with Gasteiger partial charge in [0.05, 0.1) is 10.0 Å². The van der Waals surface area contributed by atoms with E-state index < -0.39 is 5.91 Å². The maximum Gasteiger partial charge on any atom is 0.258 e. The Kier molecular flexibility index (Phi) is 3.53. The Bertz CT molecular complexity index is 797. The lowest BCUT2D eigenvalue weighted by Crippen LogP contribution is -2.36. The summed E-state index contributed by atoms with van der Waals surface area (Å²) in [5.74, 6) is -0.813. The second-order valence-corrected chi connectivity index (χ2v) is 5.37. The number of benzene rings is 2. The summed E-state index contributed by atoms with van der Waals surface area (Å²) >= 11 is 11.9. The Morgan fingerprint density at radius 2 is 1.57 bits per heavy atom. The number of carbonyl (C=O) groups is 2. The molecule has 0 atom stereocenters. The molecule has 3 rings (SSSR count). The molecule has 0 radical (unpaired) electrons. The highest BCUT2D eigenvalue weighted by atomic mass is 35.5. The molecule has 0 saturated carbocycles. The maximum atomic E-state index is 12.1. The summed E-state index contributed by atoms with van der Waals surface area (Å²) in [5.41, 5.74) is 2.24. The summed E-state index contributed by atoms with van der Waals surface area (Å²) < 4.78 is 0. The highest BCUT2D eigenvalue weighted by molar-refractivity contribution is 6.42. The third-order valence-corrected chi connectivity index (χ3v) is 3.93. The first kappa shape index (κ1) is 13.9. The normalized spacial score (nSPS) is 15.8. The van der Waals surface area contributed by atoms with Gasteiger partial charge in [0.15, 0.2) is 0 Å². The number of hydrogen-bond acceptors (Lipinski definition) is 2. The molecule has 1 heterocycles. The van der Waals surface area contributed by atoms with Crippen molar-refractivity contribution in [3.63, 3.8) is 0 Å². The van der Waals surface area contributed by atoms with Crippen LogP contribution in [0, 0.1) is 0 Å². The molecule has 3 nitrogen and oxygen atoms in total. The average molecular weight is 318 g/mol. The zero-order valence-electron chi connectivity index (χ0n) is 10.7. The number of fused-ring (bicyclic) bond motifs is 1. The van der Waals surface area contributed by atoms with E-state index in [0.29, 0.717) is 26.7 Å². The van der Waals surface area contributed by atoms with Crippen LogP contribution in [0.3, 0.4) is 0 Å². The first-order valence-corrected chi connectivity index (χ1v) is 6.93. The van der Waals surface area contributed by atoms with Gasteiger partial charge in [-0.2, -0.15) is 0 Å². The molecule has 0 saturated heterocycles. The lowest BCUT2D eigenvalue weighted by atomic mass is 9.93. The predicted molar refractivity (Wildman–Crippen MR) is 83.2 cm³/mol. The predicted octanol–water partition coefficient (Wildman–Crippen LogP) is 3.80. The highest BCUT2D eigenvalue weighted by Gasteiger charge is 2.26. The molecule has 5 heteroatoms. The minimum atomic E-state index is -0.426. The molecule has 0 bridgehead atoms. The molecular weight excluding hydrogens is 309 g/mol. The van der Waals surface area contributed by atoms with Crippen molar-refractivity contribution in [1.82, 2.24) is 5.32 Å². The molecule has 0 spiro atoms. The number of carbonyl (C=O) groups excluding carboxylic acids is 2. The third-order valence-electron chi connectivity index (χ3n) is 3.19. The van der Waals surface area contributed by atoms with E-state index >= 15 is 0 Å². The molecule has 2 amide bonds. The van der Waals surface area contributed by atoms with Gasteiger partial charge in [0.25, 0.3) is 11.8 Å². The van der Waals surface area contributed by atoms with Crippen LogP contribution >= 0.6 is 23.2 Å². The van der Waals surface area contributed by atoms with Crippen molar-refractivity contribution >= 4 is 46.7 Å². The van der Waals surface area contributed by atoms with Gasteiger partial charge >= 0.3 is 0 Å². The van der Waals surface area contributed by atoms with Crippen LogP contribution in [0.2, 0.25) is 10.0 Å². The molecule has 21 heavy (non-hydrogen) atoms. The fourth-order valence-corrected chi connectivity index (χ4v) is 2.49. The molecule has 1 N–H and O–H groups in total. The van der Waals surface area contributed by atoms with Crippen LogP contribution < -0.4 is 5.32 Å². The van der Waals surface area contributed by atoms with Gasteiger partial charge in [-0.3, -0.25) is 14.9 Å². The van der Waals surface area contributed by atoms with E-state index in [1.807, 2.05) is 0 Å². The molecule has 1 aliphatic rings. The molecule has 0 fully saturated rings. The summed E-state index contributed by atoms with van der Waals surface area (Å²) in [5, 5.41) is 3.18. The van der Waals surface area contributed by atoms with Gasteiger partial charge in [0.1, 0.15) is 0 Å². The zero-order valence-corrected chi connectivity index (χ0v) is 12.2. The zero-order chi connectivity index (χ0) is 15.0. The van der Waals surface area contributed by atoms with Crippen molar-refractivity contribution in [2.45, 2.75) is 0 Å². The lowest BCUT2D eigenvalue weighted by Gasteiger charge is -2.18. The standard InChI is InChI=1S/C16H9Cl2NO2/c17-13-6-5-9(8-14(13)18)7-12-10-3-1-2-4-11(10)15(20)19-16(12)21/h1-8H,(H,19,20,21). The van der Waals surface area contributed by atoms with Crippen molar-refractivity contribution in [3.8, 4) is 0 Å². The van der Waals surface area contributed by atoms with Crippen molar-refractivity contribution in [2.24, 2.45) is 0 Å². The second kappa shape index (κ2) is 5.35. The van der Waals surface area contributed by atoms with Crippen LogP contribution in [-0.2, 0) is 4.79 Å². The maximum absolute atomic E-state index is 12.1. The van der Waals surface area contributed by atoms with Crippen LogP contribution in [0.5, 0.6) is 0 Å². The summed E-state index contributed by atoms with van der Waals surface area (Å²) in [6.07, 6.45) is 1.68. The lowest BCUT2D eigenvalue weighted by molar-refractivity contribution is -0.114. The average Bonchev–Trinajstić information content (AvgIpc) is 2.47. The summed E-state index contributed by atoms with van der Waals surface area (Å²) in [7, 11) is 0. The number of nitrogens with one attached hydrogen (secondary N) is 1. The molecule has 0 aromatic heterocycles. The Morgan fingerprint density at radius 3 is 2.29 bits per heavy atom. The fourth-order valence-electron chi connectivity index (χ4n) is 2.19. The van der Waals surface area contributed by atoms with Crippen LogP contribution in [0.15, 0.2) is 42.5 Å². The largest absolute Gasteiger partial charge is 0.288 e. The molecule has 104 valence electrons. The summed E-state index contributed by atoms with van der Waals surface area (Å²) in [6.45, 7) is 0. The molecule has 0 aliphatic carbocycles. The summed E-state index contributed by atoms with van der Waals surface area (Å²) in [4.78, 5) is 23.9. The first-order chi connectivity index (χ1) is 10.1. The van der Waals surface area contributed by atoms with Crippen molar-refractivity contribution in [2.75, 3.05) is 0 Å². The van der Waals surface area contributed by atoms with Gasteiger partial charge in [-0.15, -0.1) is 0 Å². The van der Waals surface area contributed by atoms with E-state index in [1.54, 1.807) is 48.5 Å². The van der Waals surface area contributed by atoms with E-state index in [9.17, 15) is 9.59 Å². The summed E-state index contributed by atoms with van der Waals surface area (Å²) in [6, 6.07) is 12.1. The van der Waals surface area contributed by atoms with Gasteiger partial charge in [0.2, 0.25) is 0 Å². The minimum absolute atomic E-state index is 0.387. The first-order valence-electron chi connectivity index (χ1n) is 6.18. The van der Waals surface area contributed by atoms with E-state index in [4.69, 9.17) is 23.2 Å². The monoisotopic (exact) mass is 317 g/mol. The van der Waals surface area contributed by atoms with Gasteiger partial charge in [0, 0.05) is 11.1 Å². The minimum Gasteiger partial charge on any atom is -0.288 e. The fraction of sp³-hybridized carbons (Fsp3) is 0. The Labute approximate surface area is 131 Å². The molecule has 2 aromatic carbocycles. The molecule has 2 aromatic rings. The number of halogens is 2. The molecular formula is C16H9Cl2NO2. The Balaban J connectivity index is 2.14. The van der Waals surface area contributed by atoms with Crippen molar-refractivity contribution in [3.05, 3.63) is 69.2 Å². The number of amides is 2.